The van der Waals surface area contributed by atoms with E-state index in [1.54, 1.807) is 11.3 Å². The number of nitrogens with one attached hydrogen (secondary N) is 1. The Kier molecular flexibility index (Phi) is 5.43. The lowest BCUT2D eigenvalue weighted by Gasteiger charge is -2.17. The van der Waals surface area contributed by atoms with Crippen LogP contribution in [0.2, 0.25) is 0 Å². The normalized spacial score (nSPS) is 13.1. The summed E-state index contributed by atoms with van der Waals surface area (Å²) in [4.78, 5) is 12.1. The molecule has 6 heteroatoms. The highest BCUT2D eigenvalue weighted by molar-refractivity contribution is 9.13. The van der Waals surface area contributed by atoms with Crippen molar-refractivity contribution in [2.24, 2.45) is 5.92 Å². The molecule has 1 aromatic heterocycles. The van der Waals surface area contributed by atoms with Gasteiger partial charge in [0.2, 0.25) is 0 Å². The van der Waals surface area contributed by atoms with E-state index in [2.05, 4.69) is 37.2 Å². The molecule has 0 amide bonds. The maximum absolute atomic E-state index is 11.0. The summed E-state index contributed by atoms with van der Waals surface area (Å²) < 4.78 is 2.03. The lowest BCUT2D eigenvalue weighted by Crippen LogP contribution is -2.40. The Labute approximate surface area is 116 Å². The fourth-order valence-corrected chi connectivity index (χ4v) is 3.42. The average Bonchev–Trinajstić information content (AvgIpc) is 2.45. The van der Waals surface area contributed by atoms with Crippen LogP contribution in [0.15, 0.2) is 14.3 Å². The molecule has 1 unspecified atom stereocenters. The minimum Gasteiger partial charge on any atom is -0.480 e. The van der Waals surface area contributed by atoms with Crippen LogP contribution in [0.3, 0.4) is 0 Å². The van der Waals surface area contributed by atoms with Gasteiger partial charge >= 0.3 is 5.97 Å². The molecule has 1 atom stereocenters. The van der Waals surface area contributed by atoms with E-state index in [4.69, 9.17) is 5.11 Å². The van der Waals surface area contributed by atoms with Crippen LogP contribution in [0, 0.1) is 5.92 Å². The molecule has 0 fully saturated rings. The topological polar surface area (TPSA) is 49.3 Å². The molecule has 90 valence electrons. The number of carboxylic acids is 1. The first-order valence-electron chi connectivity index (χ1n) is 4.81. The van der Waals surface area contributed by atoms with E-state index in [1.165, 1.54) is 0 Å². The molecular formula is C10H13Br2NO2S. The molecule has 0 spiro atoms. The molecule has 3 nitrogen and oxygen atoms in total. The second-order valence-electron chi connectivity index (χ2n) is 3.78. The number of rotatable bonds is 5. The van der Waals surface area contributed by atoms with Gasteiger partial charge in [0.25, 0.3) is 0 Å². The van der Waals surface area contributed by atoms with Gasteiger partial charge in [0.05, 0.1) is 3.79 Å². The fourth-order valence-electron chi connectivity index (χ4n) is 1.30. The zero-order valence-corrected chi connectivity index (χ0v) is 12.9. The molecule has 0 aliphatic carbocycles. The number of carboxylic acid groups (broad SMARTS) is 1. The van der Waals surface area contributed by atoms with Crippen molar-refractivity contribution < 1.29 is 9.90 Å². The minimum absolute atomic E-state index is 0.0735. The van der Waals surface area contributed by atoms with Gasteiger partial charge < -0.3 is 5.11 Å². The first kappa shape index (κ1) is 14.2. The molecule has 0 aliphatic heterocycles. The lowest BCUT2D eigenvalue weighted by atomic mass is 10.1. The number of hydrogen-bond donors (Lipinski definition) is 2. The smallest absolute Gasteiger partial charge is 0.320 e. The molecule has 0 bridgehead atoms. The standard InChI is InChI=1S/C10H13Br2NO2S/c1-5(2)8(10(14)15)13-4-6-3-7(11)9(12)16-6/h3,5,8,13H,4H2,1-2H3,(H,14,15). The quantitative estimate of drug-likeness (QED) is 0.834. The molecule has 0 saturated heterocycles. The van der Waals surface area contributed by atoms with Crippen molar-refractivity contribution in [1.82, 2.24) is 5.32 Å². The maximum atomic E-state index is 11.0. The predicted molar refractivity (Wildman–Crippen MR) is 72.8 cm³/mol. The average molecular weight is 371 g/mol. The summed E-state index contributed by atoms with van der Waals surface area (Å²) in [5.74, 6) is -0.728. The molecule has 0 saturated carbocycles. The monoisotopic (exact) mass is 369 g/mol. The molecule has 2 N–H and O–H groups in total. The lowest BCUT2D eigenvalue weighted by molar-refractivity contribution is -0.140. The van der Waals surface area contributed by atoms with E-state index >= 15 is 0 Å². The van der Waals surface area contributed by atoms with E-state index in [0.29, 0.717) is 6.54 Å². The van der Waals surface area contributed by atoms with E-state index in [-0.39, 0.29) is 5.92 Å². The molecule has 1 aromatic rings. The molecule has 0 aromatic carbocycles. The second kappa shape index (κ2) is 6.14. The van der Waals surface area contributed by atoms with Crippen LogP contribution in [0.5, 0.6) is 0 Å². The fraction of sp³-hybridized carbons (Fsp3) is 0.500. The third kappa shape index (κ3) is 3.84. The van der Waals surface area contributed by atoms with Gasteiger partial charge in [0.1, 0.15) is 6.04 Å². The molecule has 0 aliphatic rings. The van der Waals surface area contributed by atoms with Crippen LogP contribution in [-0.2, 0) is 11.3 Å². The van der Waals surface area contributed by atoms with Gasteiger partial charge in [0, 0.05) is 15.9 Å². The Morgan fingerprint density at radius 3 is 2.56 bits per heavy atom. The molecule has 1 rings (SSSR count). The van der Waals surface area contributed by atoms with Crippen LogP contribution >= 0.6 is 43.2 Å². The first-order valence-corrected chi connectivity index (χ1v) is 7.22. The SMILES string of the molecule is CC(C)C(NCc1cc(Br)c(Br)s1)C(=O)O. The highest BCUT2D eigenvalue weighted by Crippen LogP contribution is 2.32. The summed E-state index contributed by atoms with van der Waals surface area (Å²) in [6.45, 7) is 4.36. The maximum Gasteiger partial charge on any atom is 0.320 e. The van der Waals surface area contributed by atoms with Gasteiger partial charge in [0.15, 0.2) is 0 Å². The Balaban J connectivity index is 2.59. The zero-order valence-electron chi connectivity index (χ0n) is 8.96. The second-order valence-corrected chi connectivity index (χ2v) is 7.08. The first-order chi connectivity index (χ1) is 7.41. The Hall–Kier alpha value is 0.0900. The van der Waals surface area contributed by atoms with Crippen LogP contribution < -0.4 is 5.32 Å². The summed E-state index contributed by atoms with van der Waals surface area (Å²) in [7, 11) is 0. The highest BCUT2D eigenvalue weighted by atomic mass is 79.9. The Morgan fingerprint density at radius 1 is 1.56 bits per heavy atom. The number of hydrogen-bond acceptors (Lipinski definition) is 3. The molecular weight excluding hydrogens is 358 g/mol. The van der Waals surface area contributed by atoms with Gasteiger partial charge in [-0.25, -0.2) is 0 Å². The van der Waals surface area contributed by atoms with Gasteiger partial charge in [-0.05, 0) is 43.8 Å². The number of halogens is 2. The predicted octanol–water partition coefficient (Wildman–Crippen LogP) is 3.47. The van der Waals surface area contributed by atoms with Gasteiger partial charge in [-0.3, -0.25) is 10.1 Å². The Bertz CT molecular complexity index is 359. The van der Waals surface area contributed by atoms with Crippen molar-refractivity contribution in [2.45, 2.75) is 26.4 Å². The Morgan fingerprint density at radius 2 is 2.19 bits per heavy atom. The van der Waals surface area contributed by atoms with Gasteiger partial charge in [-0.2, -0.15) is 0 Å². The van der Waals surface area contributed by atoms with E-state index < -0.39 is 12.0 Å². The summed E-state index contributed by atoms with van der Waals surface area (Å²) >= 11 is 8.40. The van der Waals surface area contributed by atoms with Crippen LogP contribution in [-0.4, -0.2) is 17.1 Å². The summed E-state index contributed by atoms with van der Waals surface area (Å²) in [6, 6.07) is 1.49. The van der Waals surface area contributed by atoms with E-state index in [0.717, 1.165) is 13.1 Å². The van der Waals surface area contributed by atoms with Crippen molar-refractivity contribution in [3.63, 3.8) is 0 Å². The van der Waals surface area contributed by atoms with E-state index in [9.17, 15) is 4.79 Å². The highest BCUT2D eigenvalue weighted by Gasteiger charge is 2.20. The van der Waals surface area contributed by atoms with E-state index in [1.807, 2.05) is 19.9 Å². The molecule has 1 heterocycles. The largest absolute Gasteiger partial charge is 0.480 e. The zero-order chi connectivity index (χ0) is 12.3. The van der Waals surface area contributed by atoms with Crippen LogP contribution in [0.4, 0.5) is 0 Å². The van der Waals surface area contributed by atoms with Crippen molar-refractivity contribution in [1.29, 1.82) is 0 Å². The third-order valence-electron chi connectivity index (χ3n) is 2.13. The number of thiophene rings is 1. The van der Waals surface area contributed by atoms with Gasteiger partial charge in [-0.1, -0.05) is 13.8 Å². The molecule has 0 radical (unpaired) electrons. The van der Waals surface area contributed by atoms with Crippen LogP contribution in [0.25, 0.3) is 0 Å². The minimum atomic E-state index is -0.801. The summed E-state index contributed by atoms with van der Waals surface area (Å²) in [6.07, 6.45) is 0. The van der Waals surface area contributed by atoms with Gasteiger partial charge in [-0.15, -0.1) is 11.3 Å². The summed E-state index contributed by atoms with van der Waals surface area (Å²) in [5.41, 5.74) is 0. The van der Waals surface area contributed by atoms with Crippen molar-refractivity contribution in [2.75, 3.05) is 0 Å². The summed E-state index contributed by atoms with van der Waals surface area (Å²) in [5, 5.41) is 12.0. The van der Waals surface area contributed by atoms with Crippen molar-refractivity contribution >= 4 is 49.2 Å². The molecule has 16 heavy (non-hydrogen) atoms. The van der Waals surface area contributed by atoms with Crippen molar-refractivity contribution in [3.05, 3.63) is 19.2 Å². The number of carbonyl (C=O) groups is 1. The van der Waals surface area contributed by atoms with Crippen LogP contribution in [0.1, 0.15) is 18.7 Å². The number of aliphatic carboxylic acids is 1. The third-order valence-corrected chi connectivity index (χ3v) is 5.38. The van der Waals surface area contributed by atoms with Crippen molar-refractivity contribution in [3.8, 4) is 0 Å².